The third kappa shape index (κ3) is 3.12. The van der Waals surface area contributed by atoms with E-state index in [1.807, 2.05) is 0 Å². The maximum absolute atomic E-state index is 12.3. The maximum atomic E-state index is 12.3. The number of hydrogen-bond donors (Lipinski definition) is 2. The number of carboxylic acid groups (broad SMARTS) is 1. The van der Waals surface area contributed by atoms with Gasteiger partial charge >= 0.3 is 12.0 Å². The molecule has 2 aliphatic heterocycles. The van der Waals surface area contributed by atoms with Gasteiger partial charge in [0.1, 0.15) is 6.04 Å². The zero-order valence-electron chi connectivity index (χ0n) is 10.7. The lowest BCUT2D eigenvalue weighted by molar-refractivity contribution is -0.140. The minimum atomic E-state index is -0.962. The monoisotopic (exact) mass is 287 g/mol. The molecule has 8 heteroatoms. The summed E-state index contributed by atoms with van der Waals surface area (Å²) in [6.07, 6.45) is 0.712. The molecule has 2 N–H and O–H groups in total. The van der Waals surface area contributed by atoms with E-state index in [2.05, 4.69) is 5.32 Å². The van der Waals surface area contributed by atoms with Gasteiger partial charge in [-0.1, -0.05) is 0 Å². The molecule has 2 aliphatic rings. The van der Waals surface area contributed by atoms with E-state index in [1.165, 1.54) is 23.6 Å². The van der Waals surface area contributed by atoms with E-state index >= 15 is 0 Å². The predicted octanol–water partition coefficient (Wildman–Crippen LogP) is -0.224. The van der Waals surface area contributed by atoms with Gasteiger partial charge in [0.2, 0.25) is 5.91 Å². The number of carboxylic acids is 1. The first-order valence-electron chi connectivity index (χ1n) is 6.12. The fourth-order valence-electron chi connectivity index (χ4n) is 2.36. The van der Waals surface area contributed by atoms with E-state index in [0.717, 1.165) is 0 Å². The molecule has 19 heavy (non-hydrogen) atoms. The van der Waals surface area contributed by atoms with Crippen LogP contribution in [0.5, 0.6) is 0 Å². The molecule has 0 aliphatic carbocycles. The molecule has 106 valence electrons. The normalized spacial score (nSPS) is 26.6. The Morgan fingerprint density at radius 2 is 2.11 bits per heavy atom. The molecule has 0 saturated carbocycles. The van der Waals surface area contributed by atoms with Crippen LogP contribution in [0, 0.1) is 0 Å². The number of carbonyl (C=O) groups excluding carboxylic acids is 2. The van der Waals surface area contributed by atoms with Gasteiger partial charge in [-0.2, -0.15) is 0 Å². The second-order valence-corrected chi connectivity index (χ2v) is 5.74. The van der Waals surface area contributed by atoms with E-state index in [9.17, 15) is 14.4 Å². The summed E-state index contributed by atoms with van der Waals surface area (Å²) in [6.45, 7) is 2.45. The highest BCUT2D eigenvalue weighted by Gasteiger charge is 2.38. The van der Waals surface area contributed by atoms with Crippen molar-refractivity contribution in [3.63, 3.8) is 0 Å². The highest BCUT2D eigenvalue weighted by atomic mass is 32.2. The number of urea groups is 1. The average Bonchev–Trinajstić information content (AvgIpc) is 2.94. The summed E-state index contributed by atoms with van der Waals surface area (Å²) in [5, 5.41) is 11.8. The van der Waals surface area contributed by atoms with Gasteiger partial charge in [-0.3, -0.25) is 4.79 Å². The minimum Gasteiger partial charge on any atom is -0.480 e. The molecule has 0 spiro atoms. The van der Waals surface area contributed by atoms with Gasteiger partial charge in [0, 0.05) is 31.8 Å². The molecule has 2 saturated heterocycles. The van der Waals surface area contributed by atoms with Crippen molar-refractivity contribution in [3.05, 3.63) is 0 Å². The van der Waals surface area contributed by atoms with Crippen molar-refractivity contribution in [2.45, 2.75) is 25.4 Å². The summed E-state index contributed by atoms with van der Waals surface area (Å²) < 4.78 is 0. The number of carbonyl (C=O) groups is 3. The lowest BCUT2D eigenvalue weighted by Gasteiger charge is -2.26. The molecule has 2 rings (SSSR count). The molecule has 3 amide bonds. The largest absolute Gasteiger partial charge is 0.480 e. The van der Waals surface area contributed by atoms with Crippen LogP contribution in [0.4, 0.5) is 4.79 Å². The second kappa shape index (κ2) is 5.68. The van der Waals surface area contributed by atoms with Crippen LogP contribution in [0.1, 0.15) is 13.3 Å². The van der Waals surface area contributed by atoms with Crippen LogP contribution in [0.15, 0.2) is 0 Å². The van der Waals surface area contributed by atoms with Gasteiger partial charge in [0.05, 0.1) is 5.88 Å². The molecular formula is C11H17N3O4S. The quantitative estimate of drug-likeness (QED) is 0.732. The molecule has 2 heterocycles. The van der Waals surface area contributed by atoms with E-state index in [-0.39, 0.29) is 18.0 Å². The number of hydrogen-bond acceptors (Lipinski definition) is 4. The number of aliphatic carboxylic acids is 1. The van der Waals surface area contributed by atoms with Crippen molar-refractivity contribution < 1.29 is 19.5 Å². The Morgan fingerprint density at radius 3 is 2.74 bits per heavy atom. The van der Waals surface area contributed by atoms with E-state index in [1.54, 1.807) is 4.90 Å². The van der Waals surface area contributed by atoms with Crippen LogP contribution in [0.25, 0.3) is 0 Å². The number of nitrogens with zero attached hydrogens (tertiary/aromatic N) is 2. The summed E-state index contributed by atoms with van der Waals surface area (Å²) in [4.78, 5) is 37.3. The third-order valence-corrected chi connectivity index (χ3v) is 4.29. The standard InChI is InChI=1S/C11H17N3O4S/c1-7(15)12-8-2-3-13(4-8)11(18)14-6-19-5-9(14)10(16)17/h8-9H,2-6H2,1H3,(H,12,15)(H,16,17). The summed E-state index contributed by atoms with van der Waals surface area (Å²) in [5.41, 5.74) is 0. The average molecular weight is 287 g/mol. The number of thioether (sulfide) groups is 1. The summed E-state index contributed by atoms with van der Waals surface area (Å²) in [6, 6.07) is -1.01. The Balaban J connectivity index is 1.94. The van der Waals surface area contributed by atoms with Crippen molar-refractivity contribution in [3.8, 4) is 0 Å². The Kier molecular flexibility index (Phi) is 4.18. The summed E-state index contributed by atoms with van der Waals surface area (Å²) in [7, 11) is 0. The minimum absolute atomic E-state index is 0.0278. The highest BCUT2D eigenvalue weighted by molar-refractivity contribution is 7.99. The van der Waals surface area contributed by atoms with Crippen LogP contribution < -0.4 is 5.32 Å². The van der Waals surface area contributed by atoms with Crippen LogP contribution >= 0.6 is 11.8 Å². The zero-order chi connectivity index (χ0) is 14.0. The molecule has 0 aromatic rings. The smallest absolute Gasteiger partial charge is 0.327 e. The van der Waals surface area contributed by atoms with Gasteiger partial charge in [0.25, 0.3) is 0 Å². The van der Waals surface area contributed by atoms with Crippen LogP contribution in [0.3, 0.4) is 0 Å². The Labute approximate surface area is 115 Å². The maximum Gasteiger partial charge on any atom is 0.327 e. The van der Waals surface area contributed by atoms with E-state index in [4.69, 9.17) is 5.11 Å². The van der Waals surface area contributed by atoms with Gasteiger partial charge < -0.3 is 20.2 Å². The van der Waals surface area contributed by atoms with Gasteiger partial charge in [-0.25, -0.2) is 9.59 Å². The number of rotatable bonds is 2. The molecule has 0 bridgehead atoms. The van der Waals surface area contributed by atoms with Crippen molar-refractivity contribution in [2.75, 3.05) is 24.7 Å². The molecule has 0 radical (unpaired) electrons. The van der Waals surface area contributed by atoms with Crippen LogP contribution in [0.2, 0.25) is 0 Å². The predicted molar refractivity (Wildman–Crippen MR) is 69.8 cm³/mol. The third-order valence-electron chi connectivity index (χ3n) is 3.28. The van der Waals surface area contributed by atoms with Crippen molar-refractivity contribution in [1.82, 2.24) is 15.1 Å². The van der Waals surface area contributed by atoms with E-state index < -0.39 is 12.0 Å². The number of nitrogens with one attached hydrogen (secondary N) is 1. The summed E-state index contributed by atoms with van der Waals surface area (Å²) in [5.74, 6) is -0.225. The highest BCUT2D eigenvalue weighted by Crippen LogP contribution is 2.24. The van der Waals surface area contributed by atoms with Crippen molar-refractivity contribution in [1.29, 1.82) is 0 Å². The topological polar surface area (TPSA) is 90.0 Å². The molecule has 0 aromatic heterocycles. The molecule has 7 nitrogen and oxygen atoms in total. The molecular weight excluding hydrogens is 270 g/mol. The van der Waals surface area contributed by atoms with E-state index in [0.29, 0.717) is 31.1 Å². The lowest BCUT2D eigenvalue weighted by atomic mass is 10.2. The van der Waals surface area contributed by atoms with Gasteiger partial charge in [-0.05, 0) is 6.42 Å². The number of likely N-dealkylation sites (tertiary alicyclic amines) is 1. The Hall–Kier alpha value is -1.44. The summed E-state index contributed by atoms with van der Waals surface area (Å²) >= 11 is 1.45. The van der Waals surface area contributed by atoms with Gasteiger partial charge in [0.15, 0.2) is 0 Å². The SMILES string of the molecule is CC(=O)NC1CCN(C(=O)N2CSCC2C(=O)O)C1. The van der Waals surface area contributed by atoms with Crippen LogP contribution in [-0.2, 0) is 9.59 Å². The fourth-order valence-corrected chi connectivity index (χ4v) is 3.49. The molecule has 2 atom stereocenters. The number of amides is 3. The first-order chi connectivity index (χ1) is 8.99. The Bertz CT molecular complexity index is 403. The molecule has 2 fully saturated rings. The zero-order valence-corrected chi connectivity index (χ0v) is 11.5. The first-order valence-corrected chi connectivity index (χ1v) is 7.27. The lowest BCUT2D eigenvalue weighted by Crippen LogP contribution is -2.48. The molecule has 2 unspecified atom stereocenters. The Morgan fingerprint density at radius 1 is 1.37 bits per heavy atom. The molecule has 0 aromatic carbocycles. The fraction of sp³-hybridized carbons (Fsp3) is 0.727. The second-order valence-electron chi connectivity index (χ2n) is 4.74. The van der Waals surface area contributed by atoms with Gasteiger partial charge in [-0.15, -0.1) is 11.8 Å². The van der Waals surface area contributed by atoms with Crippen LogP contribution in [-0.4, -0.2) is 69.6 Å². The first kappa shape index (κ1) is 14.0. The van der Waals surface area contributed by atoms with Crippen molar-refractivity contribution >= 4 is 29.7 Å². The van der Waals surface area contributed by atoms with Crippen molar-refractivity contribution in [2.24, 2.45) is 0 Å².